The number of hydrogen-bond donors (Lipinski definition) is 0. The summed E-state index contributed by atoms with van der Waals surface area (Å²) >= 11 is 0. The predicted molar refractivity (Wildman–Crippen MR) is 82.2 cm³/mol. The fourth-order valence-corrected chi connectivity index (χ4v) is 2.06. The summed E-state index contributed by atoms with van der Waals surface area (Å²) in [5.74, 6) is -0.708. The van der Waals surface area contributed by atoms with E-state index in [1.807, 2.05) is 0 Å². The Kier molecular flexibility index (Phi) is 4.60. The van der Waals surface area contributed by atoms with Gasteiger partial charge >= 0.3 is 6.18 Å². The lowest BCUT2D eigenvalue weighted by Gasteiger charge is -2.12. The quantitative estimate of drug-likeness (QED) is 0.660. The highest BCUT2D eigenvalue weighted by molar-refractivity contribution is 5.65. The molecule has 1 heterocycles. The van der Waals surface area contributed by atoms with E-state index in [1.165, 1.54) is 24.3 Å². The normalized spacial score (nSPS) is 11.4. The van der Waals surface area contributed by atoms with E-state index in [-0.39, 0.29) is 17.4 Å². The van der Waals surface area contributed by atoms with Crippen molar-refractivity contribution in [2.24, 2.45) is 0 Å². The molecule has 0 aliphatic rings. The molecule has 128 valence electrons. The Bertz CT molecular complexity index is 852. The summed E-state index contributed by atoms with van der Waals surface area (Å²) in [6, 6.07) is 13.7. The van der Waals surface area contributed by atoms with Crippen LogP contribution in [0, 0.1) is 5.82 Å². The molecule has 3 aromatic rings. The molecule has 1 aromatic heterocycles. The molecule has 0 aliphatic heterocycles. The van der Waals surface area contributed by atoms with Crippen LogP contribution in [-0.2, 0) is 0 Å². The Hall–Kier alpha value is -3.03. The van der Waals surface area contributed by atoms with Gasteiger partial charge in [-0.2, -0.15) is 18.2 Å². The Labute approximate surface area is 140 Å². The predicted octanol–water partition coefficient (Wildman–Crippen LogP) is 4.29. The van der Waals surface area contributed by atoms with Crippen LogP contribution in [0.5, 0.6) is 5.88 Å². The van der Waals surface area contributed by atoms with Crippen LogP contribution in [-0.4, -0.2) is 28.0 Å². The molecule has 0 amide bonds. The maximum atomic E-state index is 13.0. The van der Waals surface area contributed by atoms with Gasteiger partial charge in [-0.1, -0.05) is 30.3 Å². The van der Waals surface area contributed by atoms with Crippen molar-refractivity contribution in [2.45, 2.75) is 6.18 Å². The number of alkyl halides is 3. The SMILES string of the molecule is Fc1ccc(-c2nnc(-c3ccccc3)c(OCC(F)(F)F)n2)cc1. The highest BCUT2D eigenvalue weighted by Gasteiger charge is 2.29. The molecule has 0 bridgehead atoms. The third-order valence-corrected chi connectivity index (χ3v) is 3.18. The molecular weight excluding hydrogens is 338 g/mol. The average molecular weight is 349 g/mol. The first-order chi connectivity index (χ1) is 11.9. The van der Waals surface area contributed by atoms with Crippen LogP contribution in [0.4, 0.5) is 17.6 Å². The van der Waals surface area contributed by atoms with Gasteiger partial charge in [0, 0.05) is 11.1 Å². The number of rotatable bonds is 4. The molecule has 0 radical (unpaired) electrons. The second-order valence-corrected chi connectivity index (χ2v) is 5.07. The second kappa shape index (κ2) is 6.84. The van der Waals surface area contributed by atoms with E-state index in [9.17, 15) is 17.6 Å². The average Bonchev–Trinajstić information content (AvgIpc) is 2.60. The van der Waals surface area contributed by atoms with Crippen molar-refractivity contribution < 1.29 is 22.3 Å². The van der Waals surface area contributed by atoms with Crippen molar-refractivity contribution >= 4 is 0 Å². The molecule has 3 rings (SSSR count). The van der Waals surface area contributed by atoms with Crippen molar-refractivity contribution in [3.63, 3.8) is 0 Å². The monoisotopic (exact) mass is 349 g/mol. The minimum absolute atomic E-state index is 0.0388. The molecular formula is C17H11F4N3O. The van der Waals surface area contributed by atoms with Gasteiger partial charge in [-0.15, -0.1) is 10.2 Å². The lowest BCUT2D eigenvalue weighted by Crippen LogP contribution is -2.20. The topological polar surface area (TPSA) is 47.9 Å². The summed E-state index contributed by atoms with van der Waals surface area (Å²) in [4.78, 5) is 4.03. The van der Waals surface area contributed by atoms with Crippen molar-refractivity contribution in [1.82, 2.24) is 15.2 Å². The fourth-order valence-electron chi connectivity index (χ4n) is 2.06. The van der Waals surface area contributed by atoms with Gasteiger partial charge in [-0.3, -0.25) is 0 Å². The minimum atomic E-state index is -4.52. The zero-order valence-electron chi connectivity index (χ0n) is 12.7. The summed E-state index contributed by atoms with van der Waals surface area (Å²) in [5, 5.41) is 7.87. The third kappa shape index (κ3) is 4.28. The minimum Gasteiger partial charge on any atom is -0.466 e. The van der Waals surface area contributed by atoms with E-state index in [1.54, 1.807) is 30.3 Å². The Balaban J connectivity index is 2.02. The lowest BCUT2D eigenvalue weighted by atomic mass is 10.1. The van der Waals surface area contributed by atoms with Crippen LogP contribution in [0.3, 0.4) is 0 Å². The van der Waals surface area contributed by atoms with E-state index < -0.39 is 18.6 Å². The molecule has 0 saturated carbocycles. The fraction of sp³-hybridized carbons (Fsp3) is 0.118. The van der Waals surface area contributed by atoms with Gasteiger partial charge in [0.15, 0.2) is 18.1 Å². The lowest BCUT2D eigenvalue weighted by molar-refractivity contribution is -0.154. The number of ether oxygens (including phenoxy) is 1. The van der Waals surface area contributed by atoms with Crippen LogP contribution in [0.1, 0.15) is 0 Å². The number of nitrogens with zero attached hydrogens (tertiary/aromatic N) is 3. The van der Waals surface area contributed by atoms with Gasteiger partial charge in [-0.05, 0) is 24.3 Å². The van der Waals surface area contributed by atoms with Crippen LogP contribution >= 0.6 is 0 Å². The molecule has 8 heteroatoms. The van der Waals surface area contributed by atoms with Crippen LogP contribution in [0.2, 0.25) is 0 Å². The highest BCUT2D eigenvalue weighted by atomic mass is 19.4. The van der Waals surface area contributed by atoms with Crippen LogP contribution < -0.4 is 4.74 Å². The molecule has 4 nitrogen and oxygen atoms in total. The van der Waals surface area contributed by atoms with Gasteiger partial charge in [0.2, 0.25) is 5.88 Å². The van der Waals surface area contributed by atoms with Crippen molar-refractivity contribution in [2.75, 3.05) is 6.61 Å². The molecule has 0 aliphatic carbocycles. The Morgan fingerprint density at radius 2 is 1.52 bits per heavy atom. The smallest absolute Gasteiger partial charge is 0.422 e. The first-order valence-corrected chi connectivity index (χ1v) is 7.18. The maximum Gasteiger partial charge on any atom is 0.422 e. The summed E-state index contributed by atoms with van der Waals surface area (Å²) in [6.07, 6.45) is -4.52. The zero-order valence-corrected chi connectivity index (χ0v) is 12.7. The summed E-state index contributed by atoms with van der Waals surface area (Å²) in [7, 11) is 0. The van der Waals surface area contributed by atoms with E-state index in [0.29, 0.717) is 11.1 Å². The molecule has 0 fully saturated rings. The standard InChI is InChI=1S/C17H11F4N3O/c18-13-8-6-12(7-9-13)15-22-16(25-10-17(19,20)21)14(23-24-15)11-4-2-1-3-5-11/h1-9H,10H2. The van der Waals surface area contributed by atoms with E-state index in [2.05, 4.69) is 15.2 Å². The third-order valence-electron chi connectivity index (χ3n) is 3.18. The largest absolute Gasteiger partial charge is 0.466 e. The Morgan fingerprint density at radius 1 is 0.840 bits per heavy atom. The summed E-state index contributed by atoms with van der Waals surface area (Å²) < 4.78 is 55.4. The molecule has 0 spiro atoms. The number of hydrogen-bond acceptors (Lipinski definition) is 4. The summed E-state index contributed by atoms with van der Waals surface area (Å²) in [5.41, 5.74) is 1.02. The number of benzene rings is 2. The zero-order chi connectivity index (χ0) is 17.9. The van der Waals surface area contributed by atoms with E-state index in [0.717, 1.165) is 0 Å². The summed E-state index contributed by atoms with van der Waals surface area (Å²) in [6.45, 7) is -1.51. The van der Waals surface area contributed by atoms with Crippen LogP contribution in [0.15, 0.2) is 54.6 Å². The maximum absolute atomic E-state index is 13.0. The van der Waals surface area contributed by atoms with E-state index >= 15 is 0 Å². The molecule has 0 atom stereocenters. The molecule has 2 aromatic carbocycles. The molecule has 0 saturated heterocycles. The van der Waals surface area contributed by atoms with Crippen molar-refractivity contribution in [3.8, 4) is 28.5 Å². The van der Waals surface area contributed by atoms with Gasteiger partial charge in [0.25, 0.3) is 0 Å². The molecule has 25 heavy (non-hydrogen) atoms. The molecule has 0 unspecified atom stereocenters. The molecule has 0 N–H and O–H groups in total. The van der Waals surface area contributed by atoms with Crippen LogP contribution in [0.25, 0.3) is 22.6 Å². The number of halogens is 4. The number of aromatic nitrogens is 3. The van der Waals surface area contributed by atoms with Gasteiger partial charge in [0.05, 0.1) is 0 Å². The van der Waals surface area contributed by atoms with Gasteiger partial charge in [-0.25, -0.2) is 4.39 Å². The van der Waals surface area contributed by atoms with Crippen molar-refractivity contribution in [1.29, 1.82) is 0 Å². The van der Waals surface area contributed by atoms with E-state index in [4.69, 9.17) is 4.74 Å². The Morgan fingerprint density at radius 3 is 2.16 bits per heavy atom. The van der Waals surface area contributed by atoms with Gasteiger partial charge < -0.3 is 4.74 Å². The highest BCUT2D eigenvalue weighted by Crippen LogP contribution is 2.29. The van der Waals surface area contributed by atoms with Crippen molar-refractivity contribution in [3.05, 3.63) is 60.4 Å². The second-order valence-electron chi connectivity index (χ2n) is 5.07. The first-order valence-electron chi connectivity index (χ1n) is 7.18. The first kappa shape index (κ1) is 16.8. The van der Waals surface area contributed by atoms with Gasteiger partial charge in [0.1, 0.15) is 5.82 Å².